The minimum Gasteiger partial charge on any atom is -0.444 e. The molecule has 1 N–H and O–H groups in total. The van der Waals surface area contributed by atoms with Gasteiger partial charge in [0.15, 0.2) is 0 Å². The smallest absolute Gasteiger partial charge is 0.407 e. The minimum absolute atomic E-state index is 0.0535. The number of ether oxygens (including phenoxy) is 1. The van der Waals surface area contributed by atoms with Crippen molar-refractivity contribution in [3.8, 4) is 17.2 Å². The first-order valence-corrected chi connectivity index (χ1v) is 11.4. The highest BCUT2D eigenvalue weighted by Gasteiger charge is 2.31. The second kappa shape index (κ2) is 10.1. The lowest BCUT2D eigenvalue weighted by atomic mass is 9.74. The normalized spacial score (nSPS) is 19.7. The summed E-state index contributed by atoms with van der Waals surface area (Å²) in [7, 11) is 1.55. The van der Waals surface area contributed by atoms with Crippen molar-refractivity contribution in [2.24, 2.45) is 0 Å². The zero-order valence-corrected chi connectivity index (χ0v) is 19.8. The number of likely N-dealkylation sites (tertiary alicyclic amines) is 1. The highest BCUT2D eigenvalue weighted by molar-refractivity contribution is 6.30. The summed E-state index contributed by atoms with van der Waals surface area (Å²) in [5.74, 6) is -1.02. The summed E-state index contributed by atoms with van der Waals surface area (Å²) >= 11 is 0. The number of carbonyl (C=O) groups excluding carboxylic acids is 2. The van der Waals surface area contributed by atoms with Crippen LogP contribution in [-0.4, -0.2) is 55.7 Å². The van der Waals surface area contributed by atoms with E-state index >= 15 is 0 Å². The number of hydrogen-bond acceptors (Lipinski definition) is 6. The summed E-state index contributed by atoms with van der Waals surface area (Å²) in [5, 5.41) is 11.9. The van der Waals surface area contributed by atoms with Crippen LogP contribution in [0.25, 0.3) is 11.1 Å². The molecule has 0 saturated carbocycles. The van der Waals surface area contributed by atoms with Gasteiger partial charge in [0, 0.05) is 24.5 Å². The molecule has 1 radical (unpaired) electrons. The topological polar surface area (TPSA) is 101 Å². The molecule has 2 saturated heterocycles. The SMILES string of the molecule is CC(C)(C)OC(=O)N[C@H]1CCN(C(=O)c2ccc(C3[B]OOC3)c(-c3ccc(C#N)c(F)c3)c2)C1. The molecule has 2 amide bonds. The van der Waals surface area contributed by atoms with Crippen LogP contribution in [0.3, 0.4) is 0 Å². The Balaban J connectivity index is 1.56. The average molecular weight is 478 g/mol. The summed E-state index contributed by atoms with van der Waals surface area (Å²) in [4.78, 5) is 37.0. The number of benzene rings is 2. The fraction of sp³-hybridized carbons (Fsp3) is 0.400. The van der Waals surface area contributed by atoms with E-state index in [4.69, 9.17) is 19.7 Å². The Morgan fingerprint density at radius 2 is 2.06 bits per heavy atom. The molecule has 2 aromatic carbocycles. The number of rotatable bonds is 4. The van der Waals surface area contributed by atoms with Crippen molar-refractivity contribution in [3.05, 3.63) is 58.9 Å². The van der Waals surface area contributed by atoms with Gasteiger partial charge in [0.1, 0.15) is 17.5 Å². The molecule has 0 aromatic heterocycles. The van der Waals surface area contributed by atoms with Crippen LogP contribution in [0.2, 0.25) is 0 Å². The summed E-state index contributed by atoms with van der Waals surface area (Å²) in [5.41, 5.74) is 1.78. The summed E-state index contributed by atoms with van der Waals surface area (Å²) in [6, 6.07) is 11.2. The third-order valence-electron chi connectivity index (χ3n) is 5.83. The summed E-state index contributed by atoms with van der Waals surface area (Å²) in [6.07, 6.45) is 0.103. The van der Waals surface area contributed by atoms with Crippen molar-refractivity contribution >= 4 is 19.5 Å². The fourth-order valence-corrected chi connectivity index (χ4v) is 4.18. The Hall–Kier alpha value is -3.42. The van der Waals surface area contributed by atoms with Crippen molar-refractivity contribution in [2.45, 2.75) is 44.7 Å². The van der Waals surface area contributed by atoms with Gasteiger partial charge < -0.3 is 19.8 Å². The van der Waals surface area contributed by atoms with Crippen molar-refractivity contribution in [1.82, 2.24) is 10.2 Å². The number of nitrogens with zero attached hydrogens (tertiary/aromatic N) is 2. The van der Waals surface area contributed by atoms with Crippen LogP contribution in [0.4, 0.5) is 9.18 Å². The number of nitriles is 1. The Kier molecular flexibility index (Phi) is 7.10. The van der Waals surface area contributed by atoms with Crippen LogP contribution in [0.1, 0.15) is 54.5 Å². The number of nitrogens with one attached hydrogen (secondary N) is 1. The molecule has 2 aliphatic heterocycles. The molecule has 10 heteroatoms. The van der Waals surface area contributed by atoms with Gasteiger partial charge in [-0.2, -0.15) is 5.26 Å². The monoisotopic (exact) mass is 478 g/mol. The highest BCUT2D eigenvalue weighted by Crippen LogP contribution is 2.33. The Bertz CT molecular complexity index is 1170. The lowest BCUT2D eigenvalue weighted by Crippen LogP contribution is -2.41. The Labute approximate surface area is 204 Å². The van der Waals surface area contributed by atoms with Crippen LogP contribution in [0.5, 0.6) is 0 Å². The first kappa shape index (κ1) is 24.7. The molecule has 2 atom stereocenters. The van der Waals surface area contributed by atoms with Crippen molar-refractivity contribution < 1.29 is 28.4 Å². The van der Waals surface area contributed by atoms with Gasteiger partial charge in [0.2, 0.25) is 0 Å². The van der Waals surface area contributed by atoms with Crippen LogP contribution in [0, 0.1) is 17.1 Å². The molecule has 2 aliphatic rings. The highest BCUT2D eigenvalue weighted by atomic mass is 19.1. The summed E-state index contributed by atoms with van der Waals surface area (Å²) in [6.45, 7) is 6.51. The van der Waals surface area contributed by atoms with Gasteiger partial charge in [-0.15, -0.1) is 0 Å². The van der Waals surface area contributed by atoms with Crippen molar-refractivity contribution in [1.29, 1.82) is 5.26 Å². The second-order valence-electron chi connectivity index (χ2n) is 9.61. The van der Waals surface area contributed by atoms with Crippen LogP contribution >= 0.6 is 0 Å². The van der Waals surface area contributed by atoms with Gasteiger partial charge in [-0.3, -0.25) is 9.68 Å². The van der Waals surface area contributed by atoms with Crippen molar-refractivity contribution in [3.63, 3.8) is 0 Å². The third-order valence-corrected chi connectivity index (χ3v) is 5.83. The van der Waals surface area contributed by atoms with Crippen molar-refractivity contribution in [2.75, 3.05) is 19.7 Å². The molecule has 2 aromatic rings. The van der Waals surface area contributed by atoms with Gasteiger partial charge in [-0.05, 0) is 68.1 Å². The minimum atomic E-state index is -0.633. The van der Waals surface area contributed by atoms with E-state index in [1.54, 1.807) is 51.4 Å². The number of alkyl carbamates (subject to hydrolysis) is 1. The molecule has 0 aliphatic carbocycles. The van der Waals surface area contributed by atoms with Crippen LogP contribution < -0.4 is 5.32 Å². The van der Waals surface area contributed by atoms with Gasteiger partial charge in [0.25, 0.3) is 5.91 Å². The molecule has 4 rings (SSSR count). The molecule has 1 unspecified atom stereocenters. The number of hydrogen-bond donors (Lipinski definition) is 1. The maximum atomic E-state index is 14.4. The third kappa shape index (κ3) is 5.81. The van der Waals surface area contributed by atoms with E-state index < -0.39 is 17.5 Å². The molecule has 0 bridgehead atoms. The lowest BCUT2D eigenvalue weighted by molar-refractivity contribution is -0.183. The maximum absolute atomic E-state index is 14.4. The zero-order chi connectivity index (χ0) is 25.2. The van der Waals surface area contributed by atoms with E-state index in [-0.39, 0.29) is 23.3 Å². The Morgan fingerprint density at radius 1 is 1.26 bits per heavy atom. The molecule has 8 nitrogen and oxygen atoms in total. The predicted molar refractivity (Wildman–Crippen MR) is 126 cm³/mol. The zero-order valence-electron chi connectivity index (χ0n) is 19.8. The predicted octanol–water partition coefficient (Wildman–Crippen LogP) is 3.73. The largest absolute Gasteiger partial charge is 0.444 e. The average Bonchev–Trinajstić information content (AvgIpc) is 3.49. The molecular formula is C25H26BFN3O5. The van der Waals surface area contributed by atoms with E-state index in [0.717, 1.165) is 5.56 Å². The number of carbonyl (C=O) groups is 2. The first-order chi connectivity index (χ1) is 16.6. The second-order valence-corrected chi connectivity index (χ2v) is 9.61. The molecular weight excluding hydrogens is 452 g/mol. The van der Waals surface area contributed by atoms with Gasteiger partial charge in [-0.1, -0.05) is 12.1 Å². The van der Waals surface area contributed by atoms with Crippen LogP contribution in [-0.2, 0) is 14.4 Å². The fourth-order valence-electron chi connectivity index (χ4n) is 4.18. The van der Waals surface area contributed by atoms with Gasteiger partial charge >= 0.3 is 13.6 Å². The maximum Gasteiger partial charge on any atom is 0.407 e. The van der Waals surface area contributed by atoms with Gasteiger partial charge in [-0.25, -0.2) is 9.18 Å². The van der Waals surface area contributed by atoms with E-state index in [2.05, 4.69) is 5.32 Å². The standard InChI is InChI=1S/C25H26BFN3O5/c1-25(2,3)34-24(32)29-18-8-9-30(13-18)23(31)16-6-7-19(21-14-33-35-26-21)20(10-16)15-4-5-17(12-28)22(27)11-15/h4-7,10-11,18,21H,8-9,13-14H2,1-3H3,(H,29,32)/t18-,21?/m0/s1. The first-order valence-electron chi connectivity index (χ1n) is 11.4. The van der Waals surface area contributed by atoms with Gasteiger partial charge in [0.05, 0.1) is 18.2 Å². The van der Waals surface area contributed by atoms with E-state index in [1.165, 1.54) is 12.1 Å². The molecule has 181 valence electrons. The Morgan fingerprint density at radius 3 is 2.71 bits per heavy atom. The number of halogens is 1. The quantitative estimate of drug-likeness (QED) is 0.531. The lowest BCUT2D eigenvalue weighted by Gasteiger charge is -2.22. The van der Waals surface area contributed by atoms with E-state index in [0.29, 0.717) is 42.8 Å². The molecule has 35 heavy (non-hydrogen) atoms. The molecule has 2 heterocycles. The van der Waals surface area contributed by atoms with Crippen LogP contribution in [0.15, 0.2) is 36.4 Å². The van der Waals surface area contributed by atoms with E-state index in [1.807, 2.05) is 12.1 Å². The van der Waals surface area contributed by atoms with E-state index in [9.17, 15) is 14.0 Å². The molecule has 0 spiro atoms. The number of amides is 2. The molecule has 2 fully saturated rings. The summed E-state index contributed by atoms with van der Waals surface area (Å²) < 4.78 is 19.7.